The van der Waals surface area contributed by atoms with Crippen LogP contribution in [0.25, 0.3) is 0 Å². The van der Waals surface area contributed by atoms with Gasteiger partial charge in [-0.2, -0.15) is 5.10 Å². The maximum Gasteiger partial charge on any atom is 0.231 e. The van der Waals surface area contributed by atoms with Crippen LogP contribution in [0.2, 0.25) is 0 Å². The van der Waals surface area contributed by atoms with Crippen molar-refractivity contribution in [2.45, 2.75) is 51.1 Å². The Morgan fingerprint density at radius 1 is 1.28 bits per heavy atom. The van der Waals surface area contributed by atoms with E-state index in [9.17, 15) is 4.79 Å². The van der Waals surface area contributed by atoms with Crippen LogP contribution in [-0.4, -0.2) is 59.2 Å². The molecule has 156 valence electrons. The summed E-state index contributed by atoms with van der Waals surface area (Å²) in [4.78, 5) is 18.0. The van der Waals surface area contributed by atoms with Crippen molar-refractivity contribution in [2.24, 2.45) is 5.41 Å². The van der Waals surface area contributed by atoms with Crippen LogP contribution in [0, 0.1) is 5.41 Å². The van der Waals surface area contributed by atoms with Crippen molar-refractivity contribution in [2.75, 3.05) is 27.2 Å². The van der Waals surface area contributed by atoms with Gasteiger partial charge in [-0.25, -0.2) is 0 Å². The van der Waals surface area contributed by atoms with E-state index in [-0.39, 0.29) is 11.3 Å². The van der Waals surface area contributed by atoms with Crippen LogP contribution in [0.1, 0.15) is 43.4 Å². The van der Waals surface area contributed by atoms with Gasteiger partial charge in [0.05, 0.1) is 24.8 Å². The third-order valence-electron chi connectivity index (χ3n) is 6.55. The van der Waals surface area contributed by atoms with Crippen LogP contribution in [0.5, 0.6) is 5.75 Å². The first-order chi connectivity index (χ1) is 14.1. The molecule has 0 atom stereocenters. The molecule has 1 aliphatic carbocycles. The van der Waals surface area contributed by atoms with Crippen molar-refractivity contribution in [3.8, 4) is 5.75 Å². The highest BCUT2D eigenvalue weighted by Crippen LogP contribution is 2.40. The molecule has 0 radical (unpaired) electrons. The summed E-state index contributed by atoms with van der Waals surface area (Å²) in [6, 6.07) is 10.7. The van der Waals surface area contributed by atoms with Crippen LogP contribution >= 0.6 is 0 Å². The number of nitrogens with one attached hydrogen (secondary N) is 1. The van der Waals surface area contributed by atoms with E-state index in [1.165, 1.54) is 32.1 Å². The number of amides is 1. The third kappa shape index (κ3) is 4.32. The maximum atomic E-state index is 13.6. The Bertz CT molecular complexity index is 808. The van der Waals surface area contributed by atoms with Crippen molar-refractivity contribution in [3.63, 3.8) is 0 Å². The zero-order valence-corrected chi connectivity index (χ0v) is 17.6. The van der Waals surface area contributed by atoms with Gasteiger partial charge < -0.3 is 9.64 Å². The van der Waals surface area contributed by atoms with Crippen LogP contribution < -0.4 is 4.74 Å². The molecule has 6 nitrogen and oxygen atoms in total. The van der Waals surface area contributed by atoms with E-state index in [1.807, 2.05) is 30.1 Å². The first-order valence-corrected chi connectivity index (χ1v) is 10.7. The molecule has 2 aliphatic rings. The number of hydrogen-bond donors (Lipinski definition) is 1. The second-order valence-electron chi connectivity index (χ2n) is 8.75. The molecule has 6 heteroatoms. The minimum absolute atomic E-state index is 0.224. The minimum Gasteiger partial charge on any atom is -0.497 e. The Balaban J connectivity index is 1.51. The number of benzene rings is 1. The number of aromatic amines is 1. The summed E-state index contributed by atoms with van der Waals surface area (Å²) in [7, 11) is 3.59. The van der Waals surface area contributed by atoms with Crippen LogP contribution in [0.4, 0.5) is 0 Å². The number of methoxy groups -OCH3 is 1. The number of nitrogens with zero attached hydrogens (tertiary/aromatic N) is 3. The first kappa shape index (κ1) is 20.0. The molecule has 1 aromatic heterocycles. The SMILES string of the molecule is COc1cccc(CC2(C(=O)N(C)Cc3ccn[nH]3)CN(C3CCCCC3)C2)c1. The summed E-state index contributed by atoms with van der Waals surface area (Å²) in [6.45, 7) is 2.25. The predicted octanol–water partition coefficient (Wildman–Crippen LogP) is 3.25. The van der Waals surface area contributed by atoms with Gasteiger partial charge >= 0.3 is 0 Å². The van der Waals surface area contributed by atoms with Gasteiger partial charge in [-0.15, -0.1) is 0 Å². The quantitative estimate of drug-likeness (QED) is 0.780. The van der Waals surface area contributed by atoms with Crippen molar-refractivity contribution >= 4 is 5.91 Å². The van der Waals surface area contributed by atoms with E-state index in [0.29, 0.717) is 12.6 Å². The Hall–Kier alpha value is -2.34. The van der Waals surface area contributed by atoms with E-state index in [1.54, 1.807) is 13.3 Å². The number of carbonyl (C=O) groups is 1. The second-order valence-corrected chi connectivity index (χ2v) is 8.75. The van der Waals surface area contributed by atoms with E-state index in [0.717, 1.165) is 36.5 Å². The van der Waals surface area contributed by atoms with Gasteiger partial charge in [0.15, 0.2) is 0 Å². The maximum absolute atomic E-state index is 13.6. The fourth-order valence-corrected chi connectivity index (χ4v) is 5.04. The number of H-pyrrole nitrogens is 1. The third-order valence-corrected chi connectivity index (χ3v) is 6.55. The molecule has 0 spiro atoms. The number of aromatic nitrogens is 2. The number of likely N-dealkylation sites (tertiary alicyclic amines) is 1. The van der Waals surface area contributed by atoms with Gasteiger partial charge in [0.2, 0.25) is 5.91 Å². The highest BCUT2D eigenvalue weighted by atomic mass is 16.5. The lowest BCUT2D eigenvalue weighted by Crippen LogP contribution is -2.66. The zero-order chi connectivity index (χ0) is 20.3. The van der Waals surface area contributed by atoms with Crippen LogP contribution in [0.3, 0.4) is 0 Å². The van der Waals surface area contributed by atoms with Gasteiger partial charge in [0.1, 0.15) is 5.75 Å². The van der Waals surface area contributed by atoms with Crippen LogP contribution in [0.15, 0.2) is 36.5 Å². The number of hydrogen-bond acceptors (Lipinski definition) is 4. The Labute approximate surface area is 173 Å². The highest BCUT2D eigenvalue weighted by Gasteiger charge is 2.51. The normalized spacial score (nSPS) is 19.5. The standard InChI is InChI=1S/C23H32N4O2/c1-26(15-19-11-12-24-25-19)22(28)23(14-18-7-6-10-21(13-18)29-2)16-27(17-23)20-8-4-3-5-9-20/h6-7,10-13,20H,3-5,8-9,14-17H2,1-2H3,(H,24,25). The summed E-state index contributed by atoms with van der Waals surface area (Å²) >= 11 is 0. The molecule has 1 N–H and O–H groups in total. The van der Waals surface area contributed by atoms with Crippen molar-refractivity contribution in [1.82, 2.24) is 20.0 Å². The zero-order valence-electron chi connectivity index (χ0n) is 17.6. The summed E-state index contributed by atoms with van der Waals surface area (Å²) in [5.74, 6) is 1.07. The lowest BCUT2D eigenvalue weighted by Gasteiger charge is -2.54. The van der Waals surface area contributed by atoms with E-state index >= 15 is 0 Å². The van der Waals surface area contributed by atoms with E-state index < -0.39 is 0 Å². The topological polar surface area (TPSA) is 61.5 Å². The molecule has 0 bridgehead atoms. The minimum atomic E-state index is -0.363. The van der Waals surface area contributed by atoms with Crippen LogP contribution in [-0.2, 0) is 17.8 Å². The molecule has 1 aliphatic heterocycles. The van der Waals surface area contributed by atoms with E-state index in [4.69, 9.17) is 4.74 Å². The molecule has 0 unspecified atom stereocenters. The van der Waals surface area contributed by atoms with Gasteiger partial charge in [-0.05, 0) is 43.0 Å². The smallest absolute Gasteiger partial charge is 0.231 e. The van der Waals surface area contributed by atoms with Gasteiger partial charge in [0, 0.05) is 32.4 Å². The molecule has 29 heavy (non-hydrogen) atoms. The highest BCUT2D eigenvalue weighted by molar-refractivity contribution is 5.84. The number of rotatable bonds is 7. The second kappa shape index (κ2) is 8.57. The molecular formula is C23H32N4O2. The largest absolute Gasteiger partial charge is 0.497 e. The lowest BCUT2D eigenvalue weighted by atomic mass is 9.71. The number of carbonyl (C=O) groups excluding carboxylic acids is 1. The molecule has 1 amide bonds. The fourth-order valence-electron chi connectivity index (χ4n) is 5.04. The Kier molecular flexibility index (Phi) is 5.90. The van der Waals surface area contributed by atoms with Crippen molar-refractivity contribution in [1.29, 1.82) is 0 Å². The predicted molar refractivity (Wildman–Crippen MR) is 113 cm³/mol. The molecule has 2 heterocycles. The molecule has 4 rings (SSSR count). The molecule has 2 aromatic rings. The summed E-state index contributed by atoms with van der Waals surface area (Å²) in [6.07, 6.45) is 9.01. The van der Waals surface area contributed by atoms with E-state index in [2.05, 4.69) is 27.2 Å². The lowest BCUT2D eigenvalue weighted by molar-refractivity contribution is -0.156. The first-order valence-electron chi connectivity index (χ1n) is 10.7. The molecule has 1 saturated heterocycles. The Morgan fingerprint density at radius 3 is 2.76 bits per heavy atom. The van der Waals surface area contributed by atoms with Crippen molar-refractivity contribution in [3.05, 3.63) is 47.8 Å². The molecule has 2 fully saturated rings. The summed E-state index contributed by atoms with van der Waals surface area (Å²) in [5, 5.41) is 6.97. The van der Waals surface area contributed by atoms with Gasteiger partial charge in [-0.1, -0.05) is 31.4 Å². The monoisotopic (exact) mass is 396 g/mol. The molecular weight excluding hydrogens is 364 g/mol. The fraction of sp³-hybridized carbons (Fsp3) is 0.565. The average Bonchev–Trinajstić information content (AvgIpc) is 3.23. The molecule has 1 saturated carbocycles. The summed E-state index contributed by atoms with van der Waals surface area (Å²) in [5.41, 5.74) is 1.76. The van der Waals surface area contributed by atoms with Crippen molar-refractivity contribution < 1.29 is 9.53 Å². The molecule has 1 aromatic carbocycles. The summed E-state index contributed by atoms with van der Waals surface area (Å²) < 4.78 is 5.40. The Morgan fingerprint density at radius 2 is 2.07 bits per heavy atom. The average molecular weight is 397 g/mol. The number of ether oxygens (including phenoxy) is 1. The van der Waals surface area contributed by atoms with Gasteiger partial charge in [0.25, 0.3) is 0 Å². The van der Waals surface area contributed by atoms with Gasteiger partial charge in [-0.3, -0.25) is 14.8 Å².